The molecule has 0 aliphatic carbocycles. The van der Waals surface area contributed by atoms with Crippen molar-refractivity contribution in [3.8, 4) is 22.6 Å². The van der Waals surface area contributed by atoms with Gasteiger partial charge in [0.05, 0.1) is 0 Å². The van der Waals surface area contributed by atoms with Gasteiger partial charge in [-0.2, -0.15) is 0 Å². The number of hydrogen-bond acceptors (Lipinski definition) is 3. The number of rotatable bonds is 1. The Labute approximate surface area is 163 Å². The molecule has 128 valence electrons. The zero-order chi connectivity index (χ0) is 17.7. The van der Waals surface area contributed by atoms with Gasteiger partial charge in [0.25, 0.3) is 0 Å². The predicted octanol–water partition coefficient (Wildman–Crippen LogP) is 6.41. The molecule has 0 N–H and O–H groups in total. The van der Waals surface area contributed by atoms with Crippen molar-refractivity contribution in [2.75, 3.05) is 0 Å². The first-order valence-electron chi connectivity index (χ1n) is 8.27. The van der Waals surface area contributed by atoms with Gasteiger partial charge >= 0.3 is 163 Å². The summed E-state index contributed by atoms with van der Waals surface area (Å²) in [5, 5.41) is 2.34. The molecule has 2 nitrogen and oxygen atoms in total. The molecule has 4 aromatic carbocycles. The summed E-state index contributed by atoms with van der Waals surface area (Å²) in [6.07, 6.45) is 0. The summed E-state index contributed by atoms with van der Waals surface area (Å²) in [4.78, 5) is 0. The van der Waals surface area contributed by atoms with Crippen LogP contribution in [0.2, 0.25) is 5.82 Å². The Bertz CT molecular complexity index is 1130. The second-order valence-electron chi connectivity index (χ2n) is 6.13. The van der Waals surface area contributed by atoms with Gasteiger partial charge in [0.2, 0.25) is 0 Å². The molecular weight excluding hydrogens is 426 g/mol. The molecule has 0 atom stereocenters. The van der Waals surface area contributed by atoms with Crippen LogP contribution in [0.25, 0.3) is 32.7 Å². The van der Waals surface area contributed by atoms with E-state index in [9.17, 15) is 0 Å². The van der Waals surface area contributed by atoms with Gasteiger partial charge in [-0.25, -0.2) is 0 Å². The molecule has 5 rings (SSSR count). The van der Waals surface area contributed by atoms with E-state index in [1.807, 2.05) is 12.1 Å². The normalized spacial score (nSPS) is 14.8. The van der Waals surface area contributed by atoms with E-state index < -0.39 is 5.18 Å². The average Bonchev–Trinajstić information content (AvgIpc) is 2.82. The Morgan fingerprint density at radius 2 is 1.15 bits per heavy atom. The third-order valence-electron chi connectivity index (χ3n) is 4.68. The maximum atomic E-state index is 6.36. The Morgan fingerprint density at radius 3 is 1.62 bits per heavy atom. The van der Waals surface area contributed by atoms with Crippen molar-refractivity contribution in [1.29, 1.82) is 0 Å². The molecular formula is C21H15O2PSSe. The molecule has 5 heteroatoms. The minimum atomic E-state index is -2.36. The Kier molecular flexibility index (Phi) is 3.84. The average molecular weight is 441 g/mol. The van der Waals surface area contributed by atoms with Crippen LogP contribution in [0.5, 0.6) is 11.5 Å². The second-order valence-corrected chi connectivity index (χ2v) is 16.1. The van der Waals surface area contributed by atoms with Crippen molar-refractivity contribution in [2.45, 2.75) is 5.82 Å². The van der Waals surface area contributed by atoms with E-state index in [2.05, 4.69) is 66.5 Å². The number of fused-ring (bicyclic) bond motifs is 7. The maximum absolute atomic E-state index is 6.36. The summed E-state index contributed by atoms with van der Waals surface area (Å²) >= 11 is 5.92. The summed E-state index contributed by atoms with van der Waals surface area (Å²) in [5.41, 5.74) is 2.18. The molecule has 0 aromatic heterocycles. The molecule has 0 radical (unpaired) electrons. The first-order chi connectivity index (χ1) is 12.7. The molecule has 0 fully saturated rings. The Balaban J connectivity index is 2.00. The molecule has 1 aliphatic rings. The summed E-state index contributed by atoms with van der Waals surface area (Å²) in [6.45, 7) is 0. The van der Waals surface area contributed by atoms with E-state index in [1.165, 1.54) is 21.5 Å². The SMILES string of the molecule is C[Se]P1(=S)Oc2ccc3ccccc3c2-c2c(ccc3ccccc23)O1. The van der Waals surface area contributed by atoms with Gasteiger partial charge in [0.1, 0.15) is 0 Å². The van der Waals surface area contributed by atoms with Crippen LogP contribution >= 0.6 is 5.18 Å². The van der Waals surface area contributed by atoms with E-state index >= 15 is 0 Å². The van der Waals surface area contributed by atoms with Crippen molar-refractivity contribution in [3.63, 3.8) is 0 Å². The summed E-state index contributed by atoms with van der Waals surface area (Å²) in [5.74, 6) is 3.78. The first-order valence-corrected chi connectivity index (χ1v) is 14.8. The molecule has 0 amide bonds. The van der Waals surface area contributed by atoms with Gasteiger partial charge in [0.15, 0.2) is 0 Å². The van der Waals surface area contributed by atoms with Gasteiger partial charge < -0.3 is 0 Å². The minimum absolute atomic E-state index is 0.0818. The van der Waals surface area contributed by atoms with E-state index in [0.717, 1.165) is 22.6 Å². The van der Waals surface area contributed by atoms with Crippen molar-refractivity contribution >= 4 is 53.0 Å². The van der Waals surface area contributed by atoms with Gasteiger partial charge in [-0.15, -0.1) is 0 Å². The molecule has 0 spiro atoms. The Morgan fingerprint density at radius 1 is 0.692 bits per heavy atom. The van der Waals surface area contributed by atoms with Crippen LogP contribution < -0.4 is 9.05 Å². The standard InChI is InChI=1S/C21H15O2PSSe/c1-26-24(25)22-18-12-10-14-6-2-4-8-16(14)20(18)21-17-9-5-3-7-15(17)11-13-19(21)23-24/h2-13H,1H3. The van der Waals surface area contributed by atoms with Crippen LogP contribution in [0.4, 0.5) is 0 Å². The molecule has 26 heavy (non-hydrogen) atoms. The van der Waals surface area contributed by atoms with Crippen molar-refractivity contribution < 1.29 is 9.05 Å². The monoisotopic (exact) mass is 442 g/mol. The first kappa shape index (κ1) is 16.4. The third-order valence-corrected chi connectivity index (χ3v) is 12.5. The summed E-state index contributed by atoms with van der Waals surface area (Å²) in [7, 11) is 0. The quantitative estimate of drug-likeness (QED) is 0.251. The fraction of sp³-hybridized carbons (Fsp3) is 0.0476. The molecule has 4 aromatic rings. The Hall–Kier alpha value is -1.83. The molecule has 0 bridgehead atoms. The molecule has 0 unspecified atom stereocenters. The predicted molar refractivity (Wildman–Crippen MR) is 114 cm³/mol. The molecule has 1 heterocycles. The molecule has 0 saturated carbocycles. The van der Waals surface area contributed by atoms with Gasteiger partial charge in [-0.05, 0) is 0 Å². The summed E-state index contributed by atoms with van der Waals surface area (Å²) < 4.78 is 12.7. The molecule has 0 saturated heterocycles. The van der Waals surface area contributed by atoms with Gasteiger partial charge in [-0.3, -0.25) is 0 Å². The van der Waals surface area contributed by atoms with Crippen LogP contribution in [0.1, 0.15) is 0 Å². The van der Waals surface area contributed by atoms with Crippen LogP contribution in [0.3, 0.4) is 0 Å². The van der Waals surface area contributed by atoms with Gasteiger partial charge in [0, 0.05) is 0 Å². The fourth-order valence-electron chi connectivity index (χ4n) is 3.51. The zero-order valence-electron chi connectivity index (χ0n) is 14.0. The van der Waals surface area contributed by atoms with Crippen molar-refractivity contribution in [3.05, 3.63) is 72.8 Å². The fourth-order valence-corrected chi connectivity index (χ4v) is 6.91. The topological polar surface area (TPSA) is 18.5 Å². The molecule has 1 aliphatic heterocycles. The van der Waals surface area contributed by atoms with E-state index in [4.69, 9.17) is 20.9 Å². The van der Waals surface area contributed by atoms with Crippen LogP contribution in [0, 0.1) is 0 Å². The zero-order valence-corrected chi connectivity index (χ0v) is 17.4. The van der Waals surface area contributed by atoms with E-state index in [0.29, 0.717) is 0 Å². The number of benzene rings is 4. The van der Waals surface area contributed by atoms with Crippen molar-refractivity contribution in [1.82, 2.24) is 0 Å². The van der Waals surface area contributed by atoms with Crippen LogP contribution in [-0.2, 0) is 11.8 Å². The third kappa shape index (κ3) is 2.49. The second kappa shape index (κ2) is 6.11. The summed E-state index contributed by atoms with van der Waals surface area (Å²) in [6, 6.07) is 25.1. The van der Waals surface area contributed by atoms with Crippen LogP contribution in [0.15, 0.2) is 72.8 Å². The van der Waals surface area contributed by atoms with E-state index in [-0.39, 0.29) is 14.5 Å². The van der Waals surface area contributed by atoms with Gasteiger partial charge in [-0.1, -0.05) is 0 Å². The van der Waals surface area contributed by atoms with Crippen LogP contribution in [-0.4, -0.2) is 14.5 Å². The van der Waals surface area contributed by atoms with Crippen molar-refractivity contribution in [2.24, 2.45) is 0 Å². The van der Waals surface area contributed by atoms with E-state index in [1.54, 1.807) is 0 Å². The number of hydrogen-bond donors (Lipinski definition) is 0.